The van der Waals surface area contributed by atoms with Gasteiger partial charge in [-0.15, -0.1) is 0 Å². The van der Waals surface area contributed by atoms with Crippen LogP contribution in [0.5, 0.6) is 0 Å². The van der Waals surface area contributed by atoms with Gasteiger partial charge in [-0.1, -0.05) is 0 Å². The molecule has 4 nitrogen and oxygen atoms in total. The summed E-state index contributed by atoms with van der Waals surface area (Å²) < 4.78 is 0. The van der Waals surface area contributed by atoms with Crippen molar-refractivity contribution in [1.29, 1.82) is 0 Å². The Hall–Kier alpha value is -1.36. The molecular formula is C11H13NO3S. The predicted molar refractivity (Wildman–Crippen MR) is 60.4 cm³/mol. The third-order valence-corrected chi connectivity index (χ3v) is 3.67. The first kappa shape index (κ1) is 11.1. The SMILES string of the molecule is O=C(Cc1ccsc1)NC1(C(=O)O)CCC1. The molecule has 1 fully saturated rings. The van der Waals surface area contributed by atoms with Crippen molar-refractivity contribution in [2.45, 2.75) is 31.2 Å². The monoisotopic (exact) mass is 239 g/mol. The van der Waals surface area contributed by atoms with Crippen molar-refractivity contribution in [3.8, 4) is 0 Å². The van der Waals surface area contributed by atoms with E-state index in [0.29, 0.717) is 12.8 Å². The number of aliphatic carboxylic acids is 1. The smallest absolute Gasteiger partial charge is 0.329 e. The van der Waals surface area contributed by atoms with Crippen LogP contribution in [-0.4, -0.2) is 22.5 Å². The number of carboxylic acids is 1. The molecule has 16 heavy (non-hydrogen) atoms. The van der Waals surface area contributed by atoms with Gasteiger partial charge in [-0.3, -0.25) is 4.79 Å². The Morgan fingerprint density at radius 3 is 2.69 bits per heavy atom. The van der Waals surface area contributed by atoms with Crippen molar-refractivity contribution < 1.29 is 14.7 Å². The third-order valence-electron chi connectivity index (χ3n) is 2.94. The summed E-state index contributed by atoms with van der Waals surface area (Å²) in [5.41, 5.74) is -0.0602. The lowest BCUT2D eigenvalue weighted by atomic mass is 9.76. The average molecular weight is 239 g/mol. The van der Waals surface area contributed by atoms with Crippen LogP contribution in [0.15, 0.2) is 16.8 Å². The lowest BCUT2D eigenvalue weighted by molar-refractivity contribution is -0.151. The van der Waals surface area contributed by atoms with Gasteiger partial charge in [0.15, 0.2) is 0 Å². The normalized spacial score (nSPS) is 17.5. The fraction of sp³-hybridized carbons (Fsp3) is 0.455. The summed E-state index contributed by atoms with van der Waals surface area (Å²) in [6.07, 6.45) is 2.21. The molecule has 1 aromatic rings. The van der Waals surface area contributed by atoms with Gasteiger partial charge in [0.2, 0.25) is 5.91 Å². The van der Waals surface area contributed by atoms with E-state index < -0.39 is 11.5 Å². The van der Waals surface area contributed by atoms with E-state index in [0.717, 1.165) is 12.0 Å². The molecule has 0 bridgehead atoms. The van der Waals surface area contributed by atoms with E-state index in [1.54, 1.807) is 0 Å². The van der Waals surface area contributed by atoms with Crippen molar-refractivity contribution in [1.82, 2.24) is 5.32 Å². The minimum Gasteiger partial charge on any atom is -0.480 e. The molecule has 0 radical (unpaired) electrons. The van der Waals surface area contributed by atoms with E-state index in [4.69, 9.17) is 5.11 Å². The molecule has 0 aliphatic heterocycles. The molecule has 0 saturated heterocycles. The number of carbonyl (C=O) groups is 2. The van der Waals surface area contributed by atoms with Gasteiger partial charge in [0.25, 0.3) is 0 Å². The Balaban J connectivity index is 1.94. The maximum absolute atomic E-state index is 11.7. The van der Waals surface area contributed by atoms with Gasteiger partial charge in [-0.2, -0.15) is 11.3 Å². The molecule has 1 amide bonds. The highest BCUT2D eigenvalue weighted by Gasteiger charge is 2.45. The van der Waals surface area contributed by atoms with Gasteiger partial charge in [-0.25, -0.2) is 4.79 Å². The zero-order chi connectivity index (χ0) is 11.6. The Morgan fingerprint density at radius 2 is 2.25 bits per heavy atom. The highest BCUT2D eigenvalue weighted by Crippen LogP contribution is 2.32. The van der Waals surface area contributed by atoms with E-state index in [-0.39, 0.29) is 12.3 Å². The van der Waals surface area contributed by atoms with E-state index in [1.807, 2.05) is 16.8 Å². The van der Waals surface area contributed by atoms with Gasteiger partial charge < -0.3 is 10.4 Å². The Morgan fingerprint density at radius 1 is 1.50 bits per heavy atom. The quantitative estimate of drug-likeness (QED) is 0.835. The largest absolute Gasteiger partial charge is 0.480 e. The molecule has 1 aliphatic carbocycles. The molecule has 86 valence electrons. The van der Waals surface area contributed by atoms with Crippen LogP contribution in [0.1, 0.15) is 24.8 Å². The number of nitrogens with one attached hydrogen (secondary N) is 1. The standard InChI is InChI=1S/C11H13NO3S/c13-9(6-8-2-5-16-7-8)12-11(10(14)15)3-1-4-11/h2,5,7H,1,3-4,6H2,(H,12,13)(H,14,15). The first-order chi connectivity index (χ1) is 7.62. The Labute approximate surface area is 97.3 Å². The van der Waals surface area contributed by atoms with Crippen LogP contribution in [0, 0.1) is 0 Å². The Bertz CT molecular complexity index is 395. The van der Waals surface area contributed by atoms with Crippen molar-refractivity contribution in [3.63, 3.8) is 0 Å². The summed E-state index contributed by atoms with van der Waals surface area (Å²) in [5, 5.41) is 15.5. The van der Waals surface area contributed by atoms with Crippen LogP contribution < -0.4 is 5.32 Å². The van der Waals surface area contributed by atoms with Crippen LogP contribution in [0.25, 0.3) is 0 Å². The van der Waals surface area contributed by atoms with Gasteiger partial charge in [-0.05, 0) is 41.7 Å². The first-order valence-electron chi connectivity index (χ1n) is 5.18. The lowest BCUT2D eigenvalue weighted by Crippen LogP contribution is -2.59. The van der Waals surface area contributed by atoms with E-state index in [9.17, 15) is 9.59 Å². The highest BCUT2D eigenvalue weighted by molar-refractivity contribution is 7.07. The molecule has 5 heteroatoms. The molecule has 1 aliphatic rings. The third kappa shape index (κ3) is 2.09. The minimum atomic E-state index is -0.993. The molecule has 0 spiro atoms. The minimum absolute atomic E-state index is 0.208. The van der Waals surface area contributed by atoms with E-state index in [1.165, 1.54) is 11.3 Å². The van der Waals surface area contributed by atoms with Crippen molar-refractivity contribution in [3.05, 3.63) is 22.4 Å². The Kier molecular flexibility index (Phi) is 2.96. The molecule has 2 N–H and O–H groups in total. The predicted octanol–water partition coefficient (Wildman–Crippen LogP) is 1.41. The fourth-order valence-electron chi connectivity index (χ4n) is 1.81. The van der Waals surface area contributed by atoms with Gasteiger partial charge in [0, 0.05) is 0 Å². The number of carboxylic acid groups (broad SMARTS) is 1. The maximum atomic E-state index is 11.7. The van der Waals surface area contributed by atoms with E-state index in [2.05, 4.69) is 5.32 Å². The zero-order valence-corrected chi connectivity index (χ0v) is 9.55. The van der Waals surface area contributed by atoms with Crippen LogP contribution in [0.2, 0.25) is 0 Å². The van der Waals surface area contributed by atoms with Crippen LogP contribution >= 0.6 is 11.3 Å². The second kappa shape index (κ2) is 4.25. The highest BCUT2D eigenvalue weighted by atomic mass is 32.1. The molecular weight excluding hydrogens is 226 g/mol. The zero-order valence-electron chi connectivity index (χ0n) is 8.73. The number of amides is 1. The van der Waals surface area contributed by atoms with Crippen molar-refractivity contribution in [2.24, 2.45) is 0 Å². The van der Waals surface area contributed by atoms with Crippen molar-refractivity contribution in [2.75, 3.05) is 0 Å². The van der Waals surface area contributed by atoms with E-state index >= 15 is 0 Å². The fourth-order valence-corrected chi connectivity index (χ4v) is 2.48. The van der Waals surface area contributed by atoms with Gasteiger partial charge >= 0.3 is 5.97 Å². The number of rotatable bonds is 4. The molecule has 0 atom stereocenters. The molecule has 1 saturated carbocycles. The molecule has 1 aromatic heterocycles. The van der Waals surface area contributed by atoms with Gasteiger partial charge in [0.05, 0.1) is 6.42 Å². The summed E-state index contributed by atoms with van der Waals surface area (Å²) in [5.74, 6) is -1.13. The maximum Gasteiger partial charge on any atom is 0.329 e. The molecule has 0 aromatic carbocycles. The van der Waals surface area contributed by atoms with Crippen LogP contribution in [0.4, 0.5) is 0 Å². The summed E-state index contributed by atoms with van der Waals surface area (Å²) in [6, 6.07) is 1.87. The number of thiophene rings is 1. The topological polar surface area (TPSA) is 66.4 Å². The first-order valence-corrected chi connectivity index (χ1v) is 6.12. The summed E-state index contributed by atoms with van der Waals surface area (Å²) in [6.45, 7) is 0. The summed E-state index contributed by atoms with van der Waals surface area (Å²) in [4.78, 5) is 22.7. The number of hydrogen-bond acceptors (Lipinski definition) is 3. The van der Waals surface area contributed by atoms with Crippen LogP contribution in [0.3, 0.4) is 0 Å². The van der Waals surface area contributed by atoms with Crippen molar-refractivity contribution >= 4 is 23.2 Å². The lowest BCUT2D eigenvalue weighted by Gasteiger charge is -2.38. The summed E-state index contributed by atoms with van der Waals surface area (Å²) >= 11 is 1.53. The second-order valence-electron chi connectivity index (χ2n) is 4.10. The second-order valence-corrected chi connectivity index (χ2v) is 4.88. The average Bonchev–Trinajstić information content (AvgIpc) is 2.63. The molecule has 2 rings (SSSR count). The number of hydrogen-bond donors (Lipinski definition) is 2. The number of carbonyl (C=O) groups excluding carboxylic acids is 1. The summed E-state index contributed by atoms with van der Waals surface area (Å²) in [7, 11) is 0. The molecule has 1 heterocycles. The molecule has 0 unspecified atom stereocenters. The van der Waals surface area contributed by atoms with Crippen LogP contribution in [-0.2, 0) is 16.0 Å². The van der Waals surface area contributed by atoms with Gasteiger partial charge in [0.1, 0.15) is 5.54 Å².